The van der Waals surface area contributed by atoms with Gasteiger partial charge in [0.1, 0.15) is 0 Å². The van der Waals surface area contributed by atoms with Crippen molar-refractivity contribution >= 4 is 0 Å². The first kappa shape index (κ1) is 4.81. The number of hydrazine groups is 1. The lowest BCUT2D eigenvalue weighted by Crippen LogP contribution is -2.47. The van der Waals surface area contributed by atoms with Crippen LogP contribution in [0.1, 0.15) is 0 Å². The summed E-state index contributed by atoms with van der Waals surface area (Å²) in [6.45, 7) is 5.83. The number of nitrogens with one attached hydrogen (secondary N) is 1. The molecule has 1 N–H and O–H groups in total. The first-order chi connectivity index (χ1) is 3.33. The summed E-state index contributed by atoms with van der Waals surface area (Å²) in [5, 5.41) is 2.10. The van der Waals surface area contributed by atoms with Gasteiger partial charge in [0.15, 0.2) is 0 Å². The Hall–Kier alpha value is -0.340. The van der Waals surface area contributed by atoms with E-state index in [1.165, 1.54) is 5.57 Å². The van der Waals surface area contributed by atoms with Gasteiger partial charge in [0.05, 0.1) is 0 Å². The number of hydrogen-bond donors (Lipinski definition) is 1. The third-order valence-electron chi connectivity index (χ3n) is 1.15. The third kappa shape index (κ3) is 0.813. The molecule has 1 aliphatic heterocycles. The summed E-state index contributed by atoms with van der Waals surface area (Å²) >= 11 is 0. The van der Waals surface area contributed by atoms with Gasteiger partial charge in [0, 0.05) is 13.1 Å². The number of hydrogen-bond acceptors (Lipinski definition) is 2. The van der Waals surface area contributed by atoms with Crippen LogP contribution in [0, 0.1) is 0 Å². The lowest BCUT2D eigenvalue weighted by Gasteiger charge is -2.31. The highest BCUT2D eigenvalue weighted by atomic mass is 15.5. The fourth-order valence-electron chi connectivity index (χ4n) is 0.652. The van der Waals surface area contributed by atoms with Gasteiger partial charge in [-0.05, 0) is 12.6 Å². The standard InChI is InChI=1S/C5H10N2/c1-5-3-7(4-5)6-2/h6H,1,3-4H2,2H3. The molecule has 1 saturated heterocycles. The molecule has 0 spiro atoms. The maximum Gasteiger partial charge on any atom is 0.0355 e. The van der Waals surface area contributed by atoms with Crippen molar-refractivity contribution in [2.24, 2.45) is 0 Å². The van der Waals surface area contributed by atoms with Crippen LogP contribution in [0.4, 0.5) is 0 Å². The van der Waals surface area contributed by atoms with Crippen LogP contribution in [0.5, 0.6) is 0 Å². The van der Waals surface area contributed by atoms with Crippen LogP contribution >= 0.6 is 0 Å². The molecule has 2 heteroatoms. The first-order valence-corrected chi connectivity index (χ1v) is 2.42. The zero-order valence-electron chi connectivity index (χ0n) is 4.57. The van der Waals surface area contributed by atoms with Crippen molar-refractivity contribution < 1.29 is 0 Å². The Bertz CT molecular complexity index is 80.1. The fraction of sp³-hybridized carbons (Fsp3) is 0.600. The van der Waals surface area contributed by atoms with Crippen molar-refractivity contribution in [3.63, 3.8) is 0 Å². The molecule has 40 valence electrons. The fourth-order valence-corrected chi connectivity index (χ4v) is 0.652. The van der Waals surface area contributed by atoms with Crippen molar-refractivity contribution in [2.75, 3.05) is 20.1 Å². The third-order valence-corrected chi connectivity index (χ3v) is 1.15. The summed E-state index contributed by atoms with van der Waals surface area (Å²) in [5.74, 6) is 0. The largest absolute Gasteiger partial charge is 0.258 e. The monoisotopic (exact) mass is 98.1 g/mol. The van der Waals surface area contributed by atoms with Gasteiger partial charge in [-0.15, -0.1) is 0 Å². The highest BCUT2D eigenvalue weighted by molar-refractivity contribution is 5.08. The normalized spacial score (nSPS) is 22.1. The molecule has 0 aromatic heterocycles. The molecule has 0 radical (unpaired) electrons. The molecular formula is C5H10N2. The summed E-state index contributed by atoms with van der Waals surface area (Å²) in [4.78, 5) is 0. The molecule has 0 amide bonds. The Morgan fingerprint density at radius 3 is 2.43 bits per heavy atom. The lowest BCUT2D eigenvalue weighted by molar-refractivity contribution is 0.185. The van der Waals surface area contributed by atoms with Crippen LogP contribution in [0.15, 0.2) is 12.2 Å². The van der Waals surface area contributed by atoms with E-state index in [2.05, 4.69) is 17.0 Å². The molecule has 0 unspecified atom stereocenters. The van der Waals surface area contributed by atoms with Gasteiger partial charge in [0.25, 0.3) is 0 Å². The smallest absolute Gasteiger partial charge is 0.0355 e. The molecule has 1 fully saturated rings. The molecule has 0 atom stereocenters. The van der Waals surface area contributed by atoms with Gasteiger partial charge < -0.3 is 0 Å². The molecule has 7 heavy (non-hydrogen) atoms. The van der Waals surface area contributed by atoms with Gasteiger partial charge in [-0.25, -0.2) is 5.01 Å². The van der Waals surface area contributed by atoms with Crippen LogP contribution in [0.3, 0.4) is 0 Å². The van der Waals surface area contributed by atoms with E-state index in [1.807, 2.05) is 7.05 Å². The van der Waals surface area contributed by atoms with Gasteiger partial charge in [0.2, 0.25) is 0 Å². The zero-order chi connectivity index (χ0) is 5.28. The predicted octanol–water partition coefficient (Wildman–Crippen LogP) is -0.00740. The second kappa shape index (κ2) is 1.64. The molecule has 1 heterocycles. The van der Waals surface area contributed by atoms with Gasteiger partial charge >= 0.3 is 0 Å². The molecule has 1 rings (SSSR count). The minimum absolute atomic E-state index is 1.02. The van der Waals surface area contributed by atoms with Gasteiger partial charge in [-0.3, -0.25) is 5.43 Å². The van der Waals surface area contributed by atoms with Crippen molar-refractivity contribution in [1.82, 2.24) is 10.4 Å². The minimum atomic E-state index is 1.02. The van der Waals surface area contributed by atoms with E-state index < -0.39 is 0 Å². The second-order valence-electron chi connectivity index (χ2n) is 1.83. The molecular weight excluding hydrogens is 88.1 g/mol. The average molecular weight is 98.1 g/mol. The van der Waals surface area contributed by atoms with Crippen LogP contribution in [-0.2, 0) is 0 Å². The Morgan fingerprint density at radius 1 is 1.71 bits per heavy atom. The van der Waals surface area contributed by atoms with Crippen molar-refractivity contribution in [3.8, 4) is 0 Å². The van der Waals surface area contributed by atoms with E-state index in [1.54, 1.807) is 0 Å². The molecule has 0 aromatic carbocycles. The van der Waals surface area contributed by atoms with Crippen LogP contribution < -0.4 is 5.43 Å². The van der Waals surface area contributed by atoms with Gasteiger partial charge in [-0.1, -0.05) is 6.58 Å². The highest BCUT2D eigenvalue weighted by Crippen LogP contribution is 2.05. The molecule has 0 saturated carbocycles. The number of nitrogens with zero attached hydrogens (tertiary/aromatic N) is 1. The van der Waals surface area contributed by atoms with Crippen molar-refractivity contribution in [1.29, 1.82) is 0 Å². The predicted molar refractivity (Wildman–Crippen MR) is 29.8 cm³/mol. The molecule has 0 bridgehead atoms. The van der Waals surface area contributed by atoms with Crippen molar-refractivity contribution in [3.05, 3.63) is 12.2 Å². The maximum atomic E-state index is 3.78. The van der Waals surface area contributed by atoms with E-state index in [0.29, 0.717) is 0 Å². The van der Waals surface area contributed by atoms with Crippen molar-refractivity contribution in [2.45, 2.75) is 0 Å². The Labute approximate surface area is 43.8 Å². The van der Waals surface area contributed by atoms with E-state index in [0.717, 1.165) is 13.1 Å². The highest BCUT2D eigenvalue weighted by Gasteiger charge is 2.14. The summed E-state index contributed by atoms with van der Waals surface area (Å²) in [6, 6.07) is 0. The van der Waals surface area contributed by atoms with Crippen LogP contribution in [0.25, 0.3) is 0 Å². The molecule has 0 aliphatic carbocycles. The SMILES string of the molecule is C=C1CN(NC)C1. The minimum Gasteiger partial charge on any atom is -0.258 e. The molecule has 0 aromatic rings. The molecule has 2 nitrogen and oxygen atoms in total. The summed E-state index contributed by atoms with van der Waals surface area (Å²) < 4.78 is 0. The topological polar surface area (TPSA) is 15.3 Å². The number of rotatable bonds is 1. The zero-order valence-corrected chi connectivity index (χ0v) is 4.57. The van der Waals surface area contributed by atoms with E-state index >= 15 is 0 Å². The second-order valence-corrected chi connectivity index (χ2v) is 1.83. The molecule has 1 aliphatic rings. The van der Waals surface area contributed by atoms with E-state index in [-0.39, 0.29) is 0 Å². The summed E-state index contributed by atoms with van der Waals surface area (Å²) in [6.07, 6.45) is 0. The van der Waals surface area contributed by atoms with Crippen LogP contribution in [-0.4, -0.2) is 25.1 Å². The Balaban J connectivity index is 2.17. The Morgan fingerprint density at radius 2 is 2.29 bits per heavy atom. The van der Waals surface area contributed by atoms with Crippen LogP contribution in [0.2, 0.25) is 0 Å². The summed E-state index contributed by atoms with van der Waals surface area (Å²) in [7, 11) is 1.92. The Kier molecular flexibility index (Phi) is 1.13. The first-order valence-electron chi connectivity index (χ1n) is 2.42. The lowest BCUT2D eigenvalue weighted by atomic mass is 10.2. The van der Waals surface area contributed by atoms with Gasteiger partial charge in [-0.2, -0.15) is 0 Å². The van der Waals surface area contributed by atoms with E-state index in [9.17, 15) is 0 Å². The quantitative estimate of drug-likeness (QED) is 0.464. The average Bonchev–Trinajstić information content (AvgIpc) is 1.58. The maximum absolute atomic E-state index is 3.78. The van der Waals surface area contributed by atoms with E-state index in [4.69, 9.17) is 0 Å². The summed E-state index contributed by atoms with van der Waals surface area (Å²) in [5.41, 5.74) is 4.32.